The van der Waals surface area contributed by atoms with Crippen molar-refractivity contribution in [3.63, 3.8) is 0 Å². The zero-order valence-electron chi connectivity index (χ0n) is 23.6. The average molecular weight is 557 g/mol. The Morgan fingerprint density at radius 3 is 2.28 bits per heavy atom. The van der Waals surface area contributed by atoms with Gasteiger partial charge in [0.15, 0.2) is 11.7 Å². The van der Waals surface area contributed by atoms with E-state index in [4.69, 9.17) is 20.1 Å². The molecule has 1 aliphatic heterocycles. The van der Waals surface area contributed by atoms with Gasteiger partial charge in [-0.2, -0.15) is 0 Å². The van der Waals surface area contributed by atoms with Crippen LogP contribution in [0.1, 0.15) is 29.8 Å². The minimum Gasteiger partial charge on any atom is -0.440 e. The van der Waals surface area contributed by atoms with Crippen molar-refractivity contribution >= 4 is 66.4 Å². The third kappa shape index (κ3) is 4.17. The van der Waals surface area contributed by atoms with E-state index in [-0.39, 0.29) is 6.17 Å². The van der Waals surface area contributed by atoms with Crippen molar-refractivity contribution in [2.75, 3.05) is 5.73 Å². The number of para-hydroxylation sites is 1. The van der Waals surface area contributed by atoms with Crippen molar-refractivity contribution in [2.24, 2.45) is 9.98 Å². The van der Waals surface area contributed by atoms with Gasteiger partial charge in [-0.05, 0) is 56.9 Å². The monoisotopic (exact) mass is 556 g/mol. The number of rotatable bonds is 4. The lowest BCUT2D eigenvalue weighted by atomic mass is 9.95. The van der Waals surface area contributed by atoms with Gasteiger partial charge in [-0.15, -0.1) is 0 Å². The Morgan fingerprint density at radius 2 is 1.44 bits per heavy atom. The molecule has 0 radical (unpaired) electrons. The van der Waals surface area contributed by atoms with E-state index in [9.17, 15) is 0 Å². The lowest BCUT2D eigenvalue weighted by molar-refractivity contribution is 0.636. The van der Waals surface area contributed by atoms with E-state index >= 15 is 0 Å². The molecular formula is C38H28N4O. The average Bonchev–Trinajstić information content (AvgIpc) is 3.40. The third-order valence-electron chi connectivity index (χ3n) is 8.28. The smallest absolute Gasteiger partial charge is 0.199 e. The van der Waals surface area contributed by atoms with E-state index in [0.717, 1.165) is 39.1 Å². The van der Waals surface area contributed by atoms with Crippen LogP contribution < -0.4 is 11.1 Å². The molecule has 0 saturated carbocycles. The van der Waals surface area contributed by atoms with Crippen LogP contribution in [0.4, 0.5) is 5.88 Å². The Morgan fingerprint density at radius 1 is 0.744 bits per heavy atom. The van der Waals surface area contributed by atoms with Crippen LogP contribution in [0.15, 0.2) is 142 Å². The number of aliphatic imine (C=N–C) groups is 2. The van der Waals surface area contributed by atoms with Gasteiger partial charge in [0, 0.05) is 16.5 Å². The van der Waals surface area contributed by atoms with E-state index in [1.54, 1.807) is 0 Å². The number of allylic oxidation sites excluding steroid dienone is 1. The molecule has 5 heteroatoms. The summed E-state index contributed by atoms with van der Waals surface area (Å²) in [5.74, 6) is 1.72. The highest BCUT2D eigenvalue weighted by molar-refractivity contribution is 6.30. The van der Waals surface area contributed by atoms with Crippen LogP contribution in [0.5, 0.6) is 0 Å². The number of hydrogen-bond donors (Lipinski definition) is 2. The first-order chi connectivity index (χ1) is 21.2. The summed E-state index contributed by atoms with van der Waals surface area (Å²) in [5.41, 5.74) is 10.9. The van der Waals surface area contributed by atoms with E-state index in [2.05, 4.69) is 84.2 Å². The van der Waals surface area contributed by atoms with Crippen LogP contribution in [0.25, 0.3) is 48.9 Å². The Balaban J connectivity index is 1.29. The molecule has 8 rings (SSSR count). The molecule has 3 N–H and O–H groups in total. The van der Waals surface area contributed by atoms with E-state index in [0.29, 0.717) is 11.7 Å². The van der Waals surface area contributed by atoms with Crippen molar-refractivity contribution < 1.29 is 4.42 Å². The van der Waals surface area contributed by atoms with E-state index < -0.39 is 0 Å². The predicted octanol–water partition coefficient (Wildman–Crippen LogP) is 9.03. The number of nitrogen functional groups attached to an aromatic ring is 1. The molecule has 43 heavy (non-hydrogen) atoms. The van der Waals surface area contributed by atoms with Crippen LogP contribution in [-0.4, -0.2) is 11.7 Å². The Bertz CT molecular complexity index is 2290. The highest BCUT2D eigenvalue weighted by Crippen LogP contribution is 2.37. The number of fused-ring (bicyclic) bond motifs is 6. The summed E-state index contributed by atoms with van der Waals surface area (Å²) in [6.07, 6.45) is 1.66. The summed E-state index contributed by atoms with van der Waals surface area (Å²) in [6.45, 7) is 1.99. The molecule has 6 aromatic carbocycles. The lowest BCUT2D eigenvalue weighted by Crippen LogP contribution is -2.33. The second-order valence-electron chi connectivity index (χ2n) is 10.8. The van der Waals surface area contributed by atoms with Gasteiger partial charge >= 0.3 is 0 Å². The molecule has 1 atom stereocenters. The molecule has 0 amide bonds. The minimum absolute atomic E-state index is 0.355. The summed E-state index contributed by atoms with van der Waals surface area (Å²) in [4.78, 5) is 10.2. The summed E-state index contributed by atoms with van der Waals surface area (Å²) in [5, 5.41) is 11.9. The highest BCUT2D eigenvalue weighted by Gasteiger charge is 2.26. The maximum Gasteiger partial charge on any atom is 0.199 e. The fourth-order valence-electron chi connectivity index (χ4n) is 6.23. The summed E-state index contributed by atoms with van der Waals surface area (Å²) >= 11 is 0. The first-order valence-electron chi connectivity index (χ1n) is 14.4. The number of hydrogen-bond acceptors (Lipinski definition) is 5. The second-order valence-corrected chi connectivity index (χ2v) is 10.8. The van der Waals surface area contributed by atoms with Crippen LogP contribution in [0.2, 0.25) is 0 Å². The molecule has 0 saturated heterocycles. The molecule has 7 aromatic rings. The molecule has 0 bridgehead atoms. The summed E-state index contributed by atoms with van der Waals surface area (Å²) in [7, 11) is 0. The van der Waals surface area contributed by atoms with Crippen molar-refractivity contribution in [3.05, 3.63) is 144 Å². The van der Waals surface area contributed by atoms with Crippen molar-refractivity contribution in [1.29, 1.82) is 0 Å². The molecule has 1 aromatic heterocycles. The van der Waals surface area contributed by atoms with Gasteiger partial charge in [0.1, 0.15) is 17.6 Å². The molecule has 0 fully saturated rings. The van der Waals surface area contributed by atoms with Crippen LogP contribution in [0.3, 0.4) is 0 Å². The SMILES string of the molecule is C/C=C(/C1=NC(c2ccc3c(ccc4ccc5ccccc5c43)c2)NC(c2ccccc2)=N1)c1c(N)oc2ccccc12. The standard InChI is InChI=1S/C38H28N4O/c1-2-28(34-31-14-8-9-15-32(31)43-35(34)39)38-41-36(25-11-4-3-5-12-25)40-37(42-38)27-20-21-30-26(22-27)19-18-24-17-16-23-10-6-7-13-29(23)33(24)30/h2-22,37H,39H2,1H3,(H,40,41,42)/b28-2+. The van der Waals surface area contributed by atoms with Gasteiger partial charge in [0.05, 0.1) is 5.56 Å². The number of benzene rings is 6. The fraction of sp³-hybridized carbons (Fsp3) is 0.0526. The lowest BCUT2D eigenvalue weighted by Gasteiger charge is -2.25. The largest absolute Gasteiger partial charge is 0.440 e. The number of furan rings is 1. The van der Waals surface area contributed by atoms with Gasteiger partial charge in [0.2, 0.25) is 0 Å². The predicted molar refractivity (Wildman–Crippen MR) is 180 cm³/mol. The number of nitrogens with one attached hydrogen (secondary N) is 1. The van der Waals surface area contributed by atoms with Gasteiger partial charge in [0.25, 0.3) is 0 Å². The van der Waals surface area contributed by atoms with Crippen LogP contribution in [-0.2, 0) is 0 Å². The Kier molecular flexibility index (Phi) is 5.83. The number of amidine groups is 2. The van der Waals surface area contributed by atoms with Gasteiger partial charge in [-0.25, -0.2) is 9.98 Å². The molecular weight excluding hydrogens is 528 g/mol. The third-order valence-corrected chi connectivity index (χ3v) is 8.28. The van der Waals surface area contributed by atoms with Gasteiger partial charge < -0.3 is 15.5 Å². The second kappa shape index (κ2) is 10.00. The molecule has 0 aliphatic carbocycles. The summed E-state index contributed by atoms with van der Waals surface area (Å²) < 4.78 is 5.93. The Hall–Kier alpha value is -5.68. The van der Waals surface area contributed by atoms with Crippen molar-refractivity contribution in [3.8, 4) is 0 Å². The number of anilines is 1. The van der Waals surface area contributed by atoms with Crippen LogP contribution >= 0.6 is 0 Å². The van der Waals surface area contributed by atoms with E-state index in [1.165, 1.54) is 32.3 Å². The zero-order chi connectivity index (χ0) is 28.9. The normalized spacial score (nSPS) is 15.6. The molecule has 1 aliphatic rings. The van der Waals surface area contributed by atoms with Crippen LogP contribution in [0, 0.1) is 0 Å². The molecule has 1 unspecified atom stereocenters. The molecule has 2 heterocycles. The highest BCUT2D eigenvalue weighted by atomic mass is 16.3. The van der Waals surface area contributed by atoms with Gasteiger partial charge in [-0.1, -0.05) is 115 Å². The van der Waals surface area contributed by atoms with Crippen molar-refractivity contribution in [2.45, 2.75) is 13.1 Å². The maximum absolute atomic E-state index is 6.45. The molecule has 5 nitrogen and oxygen atoms in total. The maximum atomic E-state index is 6.45. The fourth-order valence-corrected chi connectivity index (χ4v) is 6.23. The zero-order valence-corrected chi connectivity index (χ0v) is 23.6. The van der Waals surface area contributed by atoms with Crippen molar-refractivity contribution in [1.82, 2.24) is 5.32 Å². The minimum atomic E-state index is -0.357. The van der Waals surface area contributed by atoms with Gasteiger partial charge in [-0.3, -0.25) is 0 Å². The van der Waals surface area contributed by atoms with E-state index in [1.807, 2.05) is 55.5 Å². The Labute approximate surface area is 248 Å². The molecule has 206 valence electrons. The first-order valence-corrected chi connectivity index (χ1v) is 14.4. The first kappa shape index (κ1) is 25.1. The number of nitrogens with zero attached hydrogens (tertiary/aromatic N) is 2. The summed E-state index contributed by atoms with van der Waals surface area (Å²) in [6, 6.07) is 42.0. The number of nitrogens with two attached hydrogens (primary N) is 1. The molecule has 0 spiro atoms. The topological polar surface area (TPSA) is 75.9 Å². The quantitative estimate of drug-likeness (QED) is 0.212.